The number of nitrogens with one attached hydrogen (secondary N) is 1. The summed E-state index contributed by atoms with van der Waals surface area (Å²) in [6, 6.07) is -0.637. The molecule has 0 aliphatic carbocycles. The van der Waals surface area contributed by atoms with Gasteiger partial charge in [-0.2, -0.15) is 0 Å². The molecule has 0 fully saturated rings. The summed E-state index contributed by atoms with van der Waals surface area (Å²) in [5.74, 6) is -0.0807. The topological polar surface area (TPSA) is 95.9 Å². The van der Waals surface area contributed by atoms with Crippen molar-refractivity contribution in [2.75, 3.05) is 13.2 Å². The lowest BCUT2D eigenvalue weighted by Gasteiger charge is -2.20. The Morgan fingerprint density at radius 2 is 0.694 bits per heavy atom. The van der Waals surface area contributed by atoms with Crippen molar-refractivity contribution in [2.24, 2.45) is 0 Å². The third kappa shape index (κ3) is 57.1. The molecule has 6 nitrogen and oxygen atoms in total. The van der Waals surface area contributed by atoms with Gasteiger partial charge in [-0.05, 0) is 89.9 Å². The first-order valence-electron chi connectivity index (χ1n) is 31.9. The molecule has 0 aliphatic rings. The predicted octanol–water partition coefficient (Wildman–Crippen LogP) is 20.1. The molecule has 0 aromatic carbocycles. The quantitative estimate of drug-likeness (QED) is 0.0320. The monoisotopic (exact) mass is 1010 g/mol. The van der Waals surface area contributed by atoms with Crippen molar-refractivity contribution in [3.63, 3.8) is 0 Å². The number of aliphatic hydroxyl groups is 2. The van der Waals surface area contributed by atoms with Crippen LogP contribution in [0, 0.1) is 0 Å². The van der Waals surface area contributed by atoms with Crippen molar-refractivity contribution >= 4 is 11.9 Å². The van der Waals surface area contributed by atoms with E-state index in [2.05, 4.69) is 55.6 Å². The molecule has 0 aromatic rings. The van der Waals surface area contributed by atoms with Crippen LogP contribution in [0.3, 0.4) is 0 Å². The second-order valence-electron chi connectivity index (χ2n) is 21.7. The van der Waals surface area contributed by atoms with Crippen molar-refractivity contribution in [3.05, 3.63) is 48.6 Å². The number of amides is 1. The van der Waals surface area contributed by atoms with E-state index >= 15 is 0 Å². The highest BCUT2D eigenvalue weighted by Gasteiger charge is 2.18. The number of ether oxygens (including phenoxy) is 1. The molecule has 0 saturated heterocycles. The Morgan fingerprint density at radius 1 is 0.389 bits per heavy atom. The number of hydrogen-bond donors (Lipinski definition) is 3. The molecule has 0 rings (SSSR count). The molecule has 3 N–H and O–H groups in total. The van der Waals surface area contributed by atoms with Crippen LogP contribution in [-0.4, -0.2) is 47.4 Å². The van der Waals surface area contributed by atoms with Crippen LogP contribution in [-0.2, 0) is 14.3 Å². The van der Waals surface area contributed by atoms with Gasteiger partial charge in [0.05, 0.1) is 25.4 Å². The fraction of sp³-hybridized carbons (Fsp3) is 0.848. The molecule has 2 unspecified atom stereocenters. The summed E-state index contributed by atoms with van der Waals surface area (Å²) in [4.78, 5) is 24.6. The van der Waals surface area contributed by atoms with Gasteiger partial charge in [-0.3, -0.25) is 9.59 Å². The summed E-state index contributed by atoms with van der Waals surface area (Å²) in [6.45, 7) is 4.88. The maximum absolute atomic E-state index is 12.5. The van der Waals surface area contributed by atoms with Gasteiger partial charge in [-0.15, -0.1) is 0 Å². The number of carbonyl (C=O) groups is 2. The summed E-state index contributed by atoms with van der Waals surface area (Å²) in [6.07, 6.45) is 78.6. The molecule has 6 heteroatoms. The van der Waals surface area contributed by atoms with E-state index in [1.54, 1.807) is 6.08 Å². The second-order valence-corrected chi connectivity index (χ2v) is 21.7. The maximum atomic E-state index is 12.5. The molecule has 0 aromatic heterocycles. The molecule has 0 radical (unpaired) electrons. The highest BCUT2D eigenvalue weighted by Crippen LogP contribution is 2.17. The lowest BCUT2D eigenvalue weighted by atomic mass is 10.0. The number of allylic oxidation sites excluding steroid dienone is 7. The summed E-state index contributed by atoms with van der Waals surface area (Å²) in [7, 11) is 0. The molecule has 0 heterocycles. The second kappa shape index (κ2) is 61.4. The third-order valence-electron chi connectivity index (χ3n) is 14.6. The van der Waals surface area contributed by atoms with Crippen LogP contribution in [0.4, 0.5) is 0 Å². The van der Waals surface area contributed by atoms with Crippen LogP contribution in [0.1, 0.15) is 335 Å². The molecule has 72 heavy (non-hydrogen) atoms. The van der Waals surface area contributed by atoms with Gasteiger partial charge < -0.3 is 20.3 Å². The van der Waals surface area contributed by atoms with Crippen molar-refractivity contribution in [1.29, 1.82) is 0 Å². The zero-order valence-electron chi connectivity index (χ0n) is 48.2. The Balaban J connectivity index is 3.47. The molecule has 1 amide bonds. The smallest absolute Gasteiger partial charge is 0.305 e. The number of carbonyl (C=O) groups excluding carboxylic acids is 2. The van der Waals surface area contributed by atoms with E-state index in [4.69, 9.17) is 4.74 Å². The predicted molar refractivity (Wildman–Crippen MR) is 315 cm³/mol. The van der Waals surface area contributed by atoms with Gasteiger partial charge in [-0.1, -0.05) is 281 Å². The van der Waals surface area contributed by atoms with E-state index in [9.17, 15) is 19.8 Å². The van der Waals surface area contributed by atoms with Gasteiger partial charge in [0.25, 0.3) is 0 Å². The molecular weight excluding hydrogens is 887 g/mol. The standard InChI is InChI=1S/C66H123NO5/c1-3-5-7-9-11-13-15-17-19-21-23-27-30-34-38-42-46-50-54-58-64(69)63(62-68)67-65(70)59-55-51-47-43-39-35-31-28-24-22-25-29-33-37-41-45-49-53-57-61-72-66(71)60-56-52-48-44-40-36-32-26-20-18-16-14-12-10-8-6-4-2/h12,14,18,20,22,24,54,58,63-64,68-69H,3-11,13,15-17,19,21,23,25-53,55-57,59-62H2,1-2H3,(H,67,70)/b14-12-,20-18-,24-22-,58-54+. The van der Waals surface area contributed by atoms with Crippen LogP contribution < -0.4 is 5.32 Å². The zero-order chi connectivity index (χ0) is 52.2. The maximum Gasteiger partial charge on any atom is 0.305 e. The molecular formula is C66H123NO5. The Kier molecular flexibility index (Phi) is 59.5. The van der Waals surface area contributed by atoms with Crippen LogP contribution in [0.2, 0.25) is 0 Å². The van der Waals surface area contributed by atoms with Crippen molar-refractivity contribution in [1.82, 2.24) is 5.32 Å². The van der Waals surface area contributed by atoms with Crippen LogP contribution in [0.15, 0.2) is 48.6 Å². The minimum atomic E-state index is -0.852. The van der Waals surface area contributed by atoms with Crippen molar-refractivity contribution in [2.45, 2.75) is 347 Å². The van der Waals surface area contributed by atoms with Crippen molar-refractivity contribution < 1.29 is 24.5 Å². The number of esters is 1. The average Bonchev–Trinajstić information content (AvgIpc) is 3.38. The fourth-order valence-electron chi connectivity index (χ4n) is 9.66. The van der Waals surface area contributed by atoms with Gasteiger partial charge in [0.2, 0.25) is 5.91 Å². The molecule has 0 saturated carbocycles. The number of unbranched alkanes of at least 4 members (excludes halogenated alkanes) is 42. The van der Waals surface area contributed by atoms with E-state index in [0.717, 1.165) is 64.2 Å². The molecule has 0 spiro atoms. The van der Waals surface area contributed by atoms with Crippen LogP contribution in [0.25, 0.3) is 0 Å². The number of hydrogen-bond acceptors (Lipinski definition) is 5. The van der Waals surface area contributed by atoms with Crippen LogP contribution in [0.5, 0.6) is 0 Å². The van der Waals surface area contributed by atoms with Gasteiger partial charge in [-0.25, -0.2) is 0 Å². The SMILES string of the molecule is CCCCC/C=C\C/C=C\CCCCCCCCCC(=O)OCCCCCCCCCC/C=C\CCCCCCCCCC(=O)NC(CO)C(O)/C=C/CCCCCCCCCCCCCCCCCCC. The minimum absolute atomic E-state index is 0.00461. The Bertz CT molecular complexity index is 1210. The Hall–Kier alpha value is -2.18. The van der Waals surface area contributed by atoms with E-state index < -0.39 is 12.1 Å². The average molecular weight is 1010 g/mol. The lowest BCUT2D eigenvalue weighted by Crippen LogP contribution is -2.45. The highest BCUT2D eigenvalue weighted by molar-refractivity contribution is 5.76. The van der Waals surface area contributed by atoms with E-state index in [0.29, 0.717) is 19.4 Å². The molecule has 0 aliphatic heterocycles. The minimum Gasteiger partial charge on any atom is -0.466 e. The van der Waals surface area contributed by atoms with Gasteiger partial charge in [0.15, 0.2) is 0 Å². The van der Waals surface area contributed by atoms with Gasteiger partial charge in [0, 0.05) is 12.8 Å². The number of rotatable bonds is 59. The summed E-state index contributed by atoms with van der Waals surface area (Å²) in [5.41, 5.74) is 0. The van der Waals surface area contributed by atoms with Gasteiger partial charge >= 0.3 is 5.97 Å². The first-order valence-corrected chi connectivity index (χ1v) is 31.9. The van der Waals surface area contributed by atoms with Crippen molar-refractivity contribution in [3.8, 4) is 0 Å². The highest BCUT2D eigenvalue weighted by atomic mass is 16.5. The molecule has 2 atom stereocenters. The lowest BCUT2D eigenvalue weighted by molar-refractivity contribution is -0.143. The first-order chi connectivity index (χ1) is 35.5. The van der Waals surface area contributed by atoms with Gasteiger partial charge in [0.1, 0.15) is 0 Å². The molecule has 0 bridgehead atoms. The first kappa shape index (κ1) is 69.8. The fourth-order valence-corrected chi connectivity index (χ4v) is 9.66. The summed E-state index contributed by atoms with van der Waals surface area (Å²) >= 11 is 0. The largest absolute Gasteiger partial charge is 0.466 e. The van der Waals surface area contributed by atoms with E-state index in [-0.39, 0.29) is 18.5 Å². The number of aliphatic hydroxyl groups excluding tert-OH is 2. The normalized spacial score (nSPS) is 12.9. The van der Waals surface area contributed by atoms with Crippen LogP contribution >= 0.6 is 0 Å². The van der Waals surface area contributed by atoms with E-state index in [1.165, 1.54) is 244 Å². The summed E-state index contributed by atoms with van der Waals surface area (Å²) < 4.78 is 5.48. The third-order valence-corrected chi connectivity index (χ3v) is 14.6. The molecule has 422 valence electrons. The summed E-state index contributed by atoms with van der Waals surface area (Å²) in [5, 5.41) is 23.2. The van der Waals surface area contributed by atoms with E-state index in [1.807, 2.05) is 6.08 Å². The zero-order valence-corrected chi connectivity index (χ0v) is 48.2. The Labute approximate surface area is 448 Å². The Morgan fingerprint density at radius 3 is 1.10 bits per heavy atom.